The molecule has 0 radical (unpaired) electrons. The molecule has 2 heteroatoms. The Bertz CT molecular complexity index is 154. The first-order valence-electron chi connectivity index (χ1n) is 5.23. The molecule has 13 heavy (non-hydrogen) atoms. The van der Waals surface area contributed by atoms with E-state index in [-0.39, 0.29) is 5.91 Å². The van der Waals surface area contributed by atoms with Crippen molar-refractivity contribution < 1.29 is 4.79 Å². The molecule has 1 N–H and O–H groups in total. The summed E-state index contributed by atoms with van der Waals surface area (Å²) in [4.78, 5) is 10.7. The largest absolute Gasteiger partial charge is 0.356 e. The quantitative estimate of drug-likeness (QED) is 0.700. The van der Waals surface area contributed by atoms with E-state index in [0.717, 1.165) is 6.54 Å². The van der Waals surface area contributed by atoms with E-state index in [1.807, 2.05) is 0 Å². The van der Waals surface area contributed by atoms with E-state index in [2.05, 4.69) is 33.0 Å². The van der Waals surface area contributed by atoms with E-state index in [9.17, 15) is 4.79 Å². The van der Waals surface area contributed by atoms with Crippen molar-refractivity contribution in [3.63, 3.8) is 0 Å². The molecular formula is C11H23NO. The van der Waals surface area contributed by atoms with Gasteiger partial charge in [-0.2, -0.15) is 0 Å². The van der Waals surface area contributed by atoms with Crippen LogP contribution in [-0.4, -0.2) is 12.5 Å². The minimum absolute atomic E-state index is 0.0745. The molecule has 1 amide bonds. The molecule has 0 aromatic rings. The molecule has 0 bridgehead atoms. The number of nitrogens with one attached hydrogen (secondary N) is 1. The SMILES string of the molecule is CCC(C(C)C)C(C)CNC(C)=O. The molecule has 0 rings (SSSR count). The molecule has 2 atom stereocenters. The molecule has 0 aliphatic carbocycles. The van der Waals surface area contributed by atoms with Gasteiger partial charge in [-0.15, -0.1) is 0 Å². The maximum Gasteiger partial charge on any atom is 0.216 e. The molecule has 0 aromatic heterocycles. The lowest BCUT2D eigenvalue weighted by molar-refractivity contribution is -0.119. The monoisotopic (exact) mass is 185 g/mol. The first-order valence-corrected chi connectivity index (χ1v) is 5.23. The highest BCUT2D eigenvalue weighted by atomic mass is 16.1. The molecule has 2 nitrogen and oxygen atoms in total. The number of hydrogen-bond acceptors (Lipinski definition) is 1. The normalized spacial score (nSPS) is 15.5. The predicted octanol–water partition coefficient (Wildman–Crippen LogP) is 2.44. The number of carbonyl (C=O) groups excluding carboxylic acids is 1. The van der Waals surface area contributed by atoms with Gasteiger partial charge in [-0.25, -0.2) is 0 Å². The second kappa shape index (κ2) is 6.01. The zero-order chi connectivity index (χ0) is 10.4. The second-order valence-electron chi connectivity index (χ2n) is 4.23. The molecule has 2 unspecified atom stereocenters. The lowest BCUT2D eigenvalue weighted by Gasteiger charge is -2.26. The Kier molecular flexibility index (Phi) is 5.76. The maximum atomic E-state index is 10.7. The van der Waals surface area contributed by atoms with Gasteiger partial charge in [0.15, 0.2) is 0 Å². The first-order chi connectivity index (χ1) is 5.99. The standard InChI is InChI=1S/C11H23NO/c1-6-11(8(2)3)9(4)7-12-10(5)13/h8-9,11H,6-7H2,1-5H3,(H,12,13). The summed E-state index contributed by atoms with van der Waals surface area (Å²) in [5, 5.41) is 2.88. The zero-order valence-corrected chi connectivity index (χ0v) is 9.55. The van der Waals surface area contributed by atoms with E-state index < -0.39 is 0 Å². The predicted molar refractivity (Wildman–Crippen MR) is 56.5 cm³/mol. The van der Waals surface area contributed by atoms with Crippen LogP contribution in [0.5, 0.6) is 0 Å². The highest BCUT2D eigenvalue weighted by Crippen LogP contribution is 2.23. The third-order valence-electron chi connectivity index (χ3n) is 2.73. The number of carbonyl (C=O) groups is 1. The second-order valence-corrected chi connectivity index (χ2v) is 4.23. The Morgan fingerprint density at radius 3 is 2.15 bits per heavy atom. The minimum Gasteiger partial charge on any atom is -0.356 e. The van der Waals surface area contributed by atoms with E-state index in [0.29, 0.717) is 17.8 Å². The van der Waals surface area contributed by atoms with Crippen LogP contribution in [0.2, 0.25) is 0 Å². The van der Waals surface area contributed by atoms with Gasteiger partial charge in [0.1, 0.15) is 0 Å². The van der Waals surface area contributed by atoms with Gasteiger partial charge < -0.3 is 5.32 Å². The molecule has 0 heterocycles. The Hall–Kier alpha value is -0.530. The van der Waals surface area contributed by atoms with Crippen molar-refractivity contribution in [3.05, 3.63) is 0 Å². The molecule has 0 saturated carbocycles. The van der Waals surface area contributed by atoms with Crippen LogP contribution in [0.15, 0.2) is 0 Å². The van der Waals surface area contributed by atoms with Crippen LogP contribution in [0.3, 0.4) is 0 Å². The van der Waals surface area contributed by atoms with Crippen molar-refractivity contribution in [1.82, 2.24) is 5.32 Å². The van der Waals surface area contributed by atoms with Crippen LogP contribution in [0.25, 0.3) is 0 Å². The average Bonchev–Trinajstić information content (AvgIpc) is 2.01. The molecule has 0 aliphatic rings. The molecule has 0 aromatic carbocycles. The van der Waals surface area contributed by atoms with Crippen LogP contribution >= 0.6 is 0 Å². The van der Waals surface area contributed by atoms with Crippen molar-refractivity contribution in [2.75, 3.05) is 6.54 Å². The van der Waals surface area contributed by atoms with Gasteiger partial charge in [-0.1, -0.05) is 34.1 Å². The summed E-state index contributed by atoms with van der Waals surface area (Å²) in [6, 6.07) is 0. The average molecular weight is 185 g/mol. The third-order valence-corrected chi connectivity index (χ3v) is 2.73. The highest BCUT2D eigenvalue weighted by Gasteiger charge is 2.18. The van der Waals surface area contributed by atoms with Gasteiger partial charge >= 0.3 is 0 Å². The first kappa shape index (κ1) is 12.5. The van der Waals surface area contributed by atoms with Crippen molar-refractivity contribution in [1.29, 1.82) is 0 Å². The fraction of sp³-hybridized carbons (Fsp3) is 0.909. The lowest BCUT2D eigenvalue weighted by atomic mass is 9.82. The Labute approximate surface area is 82.1 Å². The van der Waals surface area contributed by atoms with E-state index in [1.165, 1.54) is 6.42 Å². The molecule has 78 valence electrons. The van der Waals surface area contributed by atoms with Crippen LogP contribution in [-0.2, 0) is 4.79 Å². The van der Waals surface area contributed by atoms with Crippen LogP contribution in [0, 0.1) is 17.8 Å². The molecular weight excluding hydrogens is 162 g/mol. The van der Waals surface area contributed by atoms with Crippen LogP contribution < -0.4 is 5.32 Å². The smallest absolute Gasteiger partial charge is 0.216 e. The summed E-state index contributed by atoms with van der Waals surface area (Å²) in [5.41, 5.74) is 0. The molecule has 0 fully saturated rings. The number of rotatable bonds is 5. The highest BCUT2D eigenvalue weighted by molar-refractivity contribution is 5.72. The van der Waals surface area contributed by atoms with Crippen LogP contribution in [0.4, 0.5) is 0 Å². The Morgan fingerprint density at radius 2 is 1.85 bits per heavy atom. The summed E-state index contributed by atoms with van der Waals surface area (Å²) in [6.45, 7) is 11.3. The number of hydrogen-bond donors (Lipinski definition) is 1. The van der Waals surface area contributed by atoms with E-state index in [1.54, 1.807) is 6.92 Å². The zero-order valence-electron chi connectivity index (χ0n) is 9.55. The Morgan fingerprint density at radius 1 is 1.31 bits per heavy atom. The topological polar surface area (TPSA) is 29.1 Å². The lowest BCUT2D eigenvalue weighted by Crippen LogP contribution is -2.31. The van der Waals surface area contributed by atoms with Crippen molar-refractivity contribution in [2.24, 2.45) is 17.8 Å². The molecule has 0 aliphatic heterocycles. The fourth-order valence-electron chi connectivity index (χ4n) is 1.99. The maximum absolute atomic E-state index is 10.7. The number of amides is 1. The van der Waals surface area contributed by atoms with Gasteiger partial charge in [0.25, 0.3) is 0 Å². The van der Waals surface area contributed by atoms with Crippen molar-refractivity contribution in [3.8, 4) is 0 Å². The summed E-state index contributed by atoms with van der Waals surface area (Å²) in [6.07, 6.45) is 1.19. The van der Waals surface area contributed by atoms with Gasteiger partial charge in [0, 0.05) is 13.5 Å². The van der Waals surface area contributed by atoms with E-state index >= 15 is 0 Å². The van der Waals surface area contributed by atoms with Gasteiger partial charge in [-0.05, 0) is 17.8 Å². The Balaban J connectivity index is 3.91. The van der Waals surface area contributed by atoms with Gasteiger partial charge in [0.05, 0.1) is 0 Å². The summed E-state index contributed by atoms with van der Waals surface area (Å²) >= 11 is 0. The third kappa shape index (κ3) is 4.91. The summed E-state index contributed by atoms with van der Waals surface area (Å²) in [5.74, 6) is 2.07. The van der Waals surface area contributed by atoms with Crippen LogP contribution in [0.1, 0.15) is 41.0 Å². The summed E-state index contributed by atoms with van der Waals surface area (Å²) < 4.78 is 0. The van der Waals surface area contributed by atoms with Crippen molar-refractivity contribution >= 4 is 5.91 Å². The van der Waals surface area contributed by atoms with Gasteiger partial charge in [-0.3, -0.25) is 4.79 Å². The summed E-state index contributed by atoms with van der Waals surface area (Å²) in [7, 11) is 0. The minimum atomic E-state index is 0.0745. The molecule has 0 spiro atoms. The van der Waals surface area contributed by atoms with Gasteiger partial charge in [0.2, 0.25) is 5.91 Å². The van der Waals surface area contributed by atoms with E-state index in [4.69, 9.17) is 0 Å². The fourth-order valence-corrected chi connectivity index (χ4v) is 1.99. The van der Waals surface area contributed by atoms with Crippen molar-refractivity contribution in [2.45, 2.75) is 41.0 Å². The molecule has 0 saturated heterocycles.